The zero-order valence-electron chi connectivity index (χ0n) is 10.8. The van der Waals surface area contributed by atoms with Crippen LogP contribution in [0.15, 0.2) is 5.38 Å². The SMILES string of the molecule is COCCOCC1CCN(c2nc(N)cs2)CC1. The van der Waals surface area contributed by atoms with Crippen LogP contribution in [0.1, 0.15) is 12.8 Å². The lowest BCUT2D eigenvalue weighted by atomic mass is 9.98. The van der Waals surface area contributed by atoms with Crippen LogP contribution in [0, 0.1) is 5.92 Å². The highest BCUT2D eigenvalue weighted by atomic mass is 32.1. The predicted octanol–water partition coefficient (Wildman–Crippen LogP) is 1.60. The fraction of sp³-hybridized carbons (Fsp3) is 0.750. The Balaban J connectivity index is 1.68. The van der Waals surface area contributed by atoms with E-state index in [0.29, 0.717) is 24.9 Å². The number of anilines is 2. The maximum atomic E-state index is 5.65. The first-order valence-electron chi connectivity index (χ1n) is 6.32. The Bertz CT molecular complexity index is 351. The lowest BCUT2D eigenvalue weighted by molar-refractivity contribution is 0.0466. The van der Waals surface area contributed by atoms with Gasteiger partial charge in [0.2, 0.25) is 0 Å². The molecule has 1 aliphatic rings. The Morgan fingerprint density at radius 3 is 2.83 bits per heavy atom. The number of methoxy groups -OCH3 is 1. The number of thiazole rings is 1. The minimum atomic E-state index is 0.625. The van der Waals surface area contributed by atoms with E-state index in [9.17, 15) is 0 Å². The van der Waals surface area contributed by atoms with E-state index in [4.69, 9.17) is 15.2 Å². The van der Waals surface area contributed by atoms with Crippen LogP contribution in [0.4, 0.5) is 10.9 Å². The number of rotatable bonds is 6. The molecule has 2 rings (SSSR count). The van der Waals surface area contributed by atoms with E-state index in [2.05, 4.69) is 9.88 Å². The first kappa shape index (κ1) is 13.6. The minimum Gasteiger partial charge on any atom is -0.383 e. The molecule has 1 fully saturated rings. The summed E-state index contributed by atoms with van der Waals surface area (Å²) in [5.41, 5.74) is 5.65. The van der Waals surface area contributed by atoms with E-state index in [1.807, 2.05) is 5.38 Å². The van der Waals surface area contributed by atoms with Gasteiger partial charge in [-0.25, -0.2) is 4.98 Å². The lowest BCUT2D eigenvalue weighted by Gasteiger charge is -2.31. The van der Waals surface area contributed by atoms with E-state index in [1.165, 1.54) is 0 Å². The van der Waals surface area contributed by atoms with Crippen molar-refractivity contribution in [3.8, 4) is 0 Å². The highest BCUT2D eigenvalue weighted by molar-refractivity contribution is 7.14. The smallest absolute Gasteiger partial charge is 0.187 e. The summed E-state index contributed by atoms with van der Waals surface area (Å²) in [6, 6.07) is 0. The van der Waals surface area contributed by atoms with Crippen LogP contribution in [0.25, 0.3) is 0 Å². The Labute approximate surface area is 112 Å². The maximum absolute atomic E-state index is 5.65. The molecule has 0 bridgehead atoms. The van der Waals surface area contributed by atoms with Gasteiger partial charge in [0.1, 0.15) is 5.82 Å². The molecule has 102 valence electrons. The third-order valence-electron chi connectivity index (χ3n) is 3.18. The summed E-state index contributed by atoms with van der Waals surface area (Å²) in [4.78, 5) is 6.63. The molecule has 0 unspecified atom stereocenters. The molecule has 0 spiro atoms. The molecule has 1 aromatic rings. The van der Waals surface area contributed by atoms with E-state index in [-0.39, 0.29) is 0 Å². The van der Waals surface area contributed by atoms with Crippen molar-refractivity contribution in [3.63, 3.8) is 0 Å². The van der Waals surface area contributed by atoms with Crippen LogP contribution < -0.4 is 10.6 Å². The van der Waals surface area contributed by atoms with Gasteiger partial charge in [-0.15, -0.1) is 11.3 Å². The Kier molecular flexibility index (Phi) is 5.22. The monoisotopic (exact) mass is 271 g/mol. The highest BCUT2D eigenvalue weighted by Gasteiger charge is 2.21. The van der Waals surface area contributed by atoms with Crippen LogP contribution in [0.2, 0.25) is 0 Å². The number of nitrogens with zero attached hydrogens (tertiary/aromatic N) is 2. The van der Waals surface area contributed by atoms with Gasteiger partial charge in [-0.2, -0.15) is 0 Å². The first-order chi connectivity index (χ1) is 8.79. The summed E-state index contributed by atoms with van der Waals surface area (Å²) in [5.74, 6) is 1.29. The normalized spacial score (nSPS) is 17.3. The van der Waals surface area contributed by atoms with Crippen LogP contribution in [-0.2, 0) is 9.47 Å². The largest absolute Gasteiger partial charge is 0.383 e. The number of aromatic nitrogens is 1. The molecular formula is C12H21N3O2S. The number of hydrogen-bond acceptors (Lipinski definition) is 6. The zero-order valence-corrected chi connectivity index (χ0v) is 11.6. The van der Waals surface area contributed by atoms with Gasteiger partial charge in [0.05, 0.1) is 13.2 Å². The summed E-state index contributed by atoms with van der Waals surface area (Å²) in [5, 5.41) is 2.95. The van der Waals surface area contributed by atoms with Crippen LogP contribution in [0.5, 0.6) is 0 Å². The number of hydrogen-bond donors (Lipinski definition) is 1. The van der Waals surface area contributed by atoms with Gasteiger partial charge in [0.15, 0.2) is 5.13 Å². The van der Waals surface area contributed by atoms with Crippen molar-refractivity contribution in [1.29, 1.82) is 0 Å². The quantitative estimate of drug-likeness (QED) is 0.796. The second-order valence-electron chi connectivity index (χ2n) is 4.55. The molecule has 0 radical (unpaired) electrons. The van der Waals surface area contributed by atoms with E-state index in [0.717, 1.165) is 37.7 Å². The van der Waals surface area contributed by atoms with Gasteiger partial charge < -0.3 is 20.1 Å². The molecule has 2 heterocycles. The Morgan fingerprint density at radius 2 is 2.22 bits per heavy atom. The molecule has 0 aliphatic carbocycles. The number of piperidine rings is 1. The molecule has 0 atom stereocenters. The topological polar surface area (TPSA) is 60.6 Å². The fourth-order valence-electron chi connectivity index (χ4n) is 2.10. The van der Waals surface area contributed by atoms with Crippen LogP contribution >= 0.6 is 11.3 Å². The van der Waals surface area contributed by atoms with Crippen molar-refractivity contribution < 1.29 is 9.47 Å². The van der Waals surface area contributed by atoms with Gasteiger partial charge in [-0.05, 0) is 18.8 Å². The first-order valence-corrected chi connectivity index (χ1v) is 7.20. The summed E-state index contributed by atoms with van der Waals surface area (Å²) in [7, 11) is 1.70. The number of nitrogen functional groups attached to an aromatic ring is 1. The summed E-state index contributed by atoms with van der Waals surface area (Å²) >= 11 is 1.62. The molecular weight excluding hydrogens is 250 g/mol. The molecule has 1 saturated heterocycles. The van der Waals surface area contributed by atoms with Gasteiger partial charge in [-0.1, -0.05) is 0 Å². The lowest BCUT2D eigenvalue weighted by Crippen LogP contribution is -2.35. The summed E-state index contributed by atoms with van der Waals surface area (Å²) in [6.07, 6.45) is 2.32. The van der Waals surface area contributed by atoms with Crippen molar-refractivity contribution in [2.75, 3.05) is 50.7 Å². The van der Waals surface area contributed by atoms with Crippen molar-refractivity contribution in [1.82, 2.24) is 4.98 Å². The van der Waals surface area contributed by atoms with Crippen molar-refractivity contribution in [2.45, 2.75) is 12.8 Å². The number of nitrogens with two attached hydrogens (primary N) is 1. The molecule has 0 saturated carbocycles. The number of ether oxygens (including phenoxy) is 2. The summed E-state index contributed by atoms with van der Waals surface area (Å²) < 4.78 is 10.5. The van der Waals surface area contributed by atoms with E-state index < -0.39 is 0 Å². The minimum absolute atomic E-state index is 0.625. The highest BCUT2D eigenvalue weighted by Crippen LogP contribution is 2.26. The Morgan fingerprint density at radius 1 is 1.44 bits per heavy atom. The second-order valence-corrected chi connectivity index (χ2v) is 5.39. The van der Waals surface area contributed by atoms with Crippen molar-refractivity contribution in [2.24, 2.45) is 5.92 Å². The maximum Gasteiger partial charge on any atom is 0.187 e. The van der Waals surface area contributed by atoms with Crippen molar-refractivity contribution in [3.05, 3.63) is 5.38 Å². The Hall–Kier alpha value is -0.850. The fourth-order valence-corrected chi connectivity index (χ4v) is 2.87. The predicted molar refractivity (Wildman–Crippen MR) is 74.2 cm³/mol. The average molecular weight is 271 g/mol. The standard InChI is InChI=1S/C12H21N3O2S/c1-16-6-7-17-8-10-2-4-15(5-3-10)12-14-11(13)9-18-12/h9-10H,2-8,13H2,1H3. The molecule has 0 amide bonds. The van der Waals surface area contributed by atoms with Gasteiger partial charge >= 0.3 is 0 Å². The molecule has 1 aliphatic heterocycles. The van der Waals surface area contributed by atoms with E-state index in [1.54, 1.807) is 18.4 Å². The van der Waals surface area contributed by atoms with E-state index >= 15 is 0 Å². The van der Waals surface area contributed by atoms with Crippen molar-refractivity contribution >= 4 is 22.3 Å². The molecule has 5 nitrogen and oxygen atoms in total. The third-order valence-corrected chi connectivity index (χ3v) is 4.10. The molecule has 0 aromatic carbocycles. The van der Waals surface area contributed by atoms with Gasteiger partial charge in [0.25, 0.3) is 0 Å². The molecule has 2 N–H and O–H groups in total. The van der Waals surface area contributed by atoms with Crippen LogP contribution in [0.3, 0.4) is 0 Å². The molecule has 6 heteroatoms. The molecule has 1 aromatic heterocycles. The van der Waals surface area contributed by atoms with Crippen LogP contribution in [-0.4, -0.2) is 45.0 Å². The third kappa shape index (κ3) is 3.83. The van der Waals surface area contributed by atoms with Gasteiger partial charge in [0, 0.05) is 32.2 Å². The average Bonchev–Trinajstić information content (AvgIpc) is 2.82. The second kappa shape index (κ2) is 6.92. The van der Waals surface area contributed by atoms with Gasteiger partial charge in [-0.3, -0.25) is 0 Å². The zero-order chi connectivity index (χ0) is 12.8. The molecule has 18 heavy (non-hydrogen) atoms. The summed E-state index contributed by atoms with van der Waals surface area (Å²) in [6.45, 7) is 4.31.